The highest BCUT2D eigenvalue weighted by atomic mass is 32.3. The van der Waals surface area contributed by atoms with Gasteiger partial charge in [0.1, 0.15) is 0 Å². The molecule has 0 aliphatic heterocycles. The van der Waals surface area contributed by atoms with E-state index in [0.29, 0.717) is 0 Å². The predicted molar refractivity (Wildman–Crippen MR) is 31.9 cm³/mol. The monoisotopic (exact) mass is 167 g/mol. The summed E-state index contributed by atoms with van der Waals surface area (Å²) in [6.07, 6.45) is 1.19. The topological polar surface area (TPSA) is 82.0 Å². The average Bonchev–Trinajstić information content (AvgIpc) is 1.84. The molecular weight excluding hydrogens is 162 g/mol. The molecule has 6 nitrogen and oxygen atoms in total. The molecule has 0 aromatic rings. The summed E-state index contributed by atoms with van der Waals surface area (Å²) in [5, 5.41) is 1.66. The van der Waals surface area contributed by atoms with Crippen molar-refractivity contribution in [2.45, 2.75) is 0 Å². The Morgan fingerprint density at radius 3 is 2.60 bits per heavy atom. The molecule has 0 saturated carbocycles. The van der Waals surface area contributed by atoms with Gasteiger partial charge in [-0.2, -0.15) is 8.42 Å². The maximum absolute atomic E-state index is 10.2. The molecule has 10 heavy (non-hydrogen) atoms. The maximum atomic E-state index is 10.2. The molecule has 58 valence electrons. The molecule has 0 amide bonds. The van der Waals surface area contributed by atoms with Crippen LogP contribution < -0.4 is 0 Å². The van der Waals surface area contributed by atoms with Crippen molar-refractivity contribution in [1.29, 1.82) is 0 Å². The second-order valence-corrected chi connectivity index (χ2v) is 2.33. The molecule has 0 aromatic carbocycles. The van der Waals surface area contributed by atoms with E-state index in [1.807, 2.05) is 0 Å². The molecule has 0 aliphatic carbocycles. The van der Waals surface area contributed by atoms with Crippen molar-refractivity contribution in [2.75, 3.05) is 6.61 Å². The summed E-state index contributed by atoms with van der Waals surface area (Å²) in [6, 6.07) is 0. The van der Waals surface area contributed by atoms with E-state index < -0.39 is 10.4 Å². The largest absolute Gasteiger partial charge is 0.471 e. The first-order valence-electron chi connectivity index (χ1n) is 2.14. The normalized spacial score (nSPS) is 10.4. The lowest BCUT2D eigenvalue weighted by atomic mass is 10.7. The van der Waals surface area contributed by atoms with E-state index in [1.54, 1.807) is 5.34 Å². The van der Waals surface area contributed by atoms with Crippen LogP contribution in [0.4, 0.5) is 0 Å². The first kappa shape index (κ1) is 9.05. The Labute approximate surface area is 57.7 Å². The Morgan fingerprint density at radius 1 is 1.60 bits per heavy atom. The second kappa shape index (κ2) is 3.96. The fraction of sp³-hybridized carbons (Fsp3) is 0.333. The molecule has 0 rings (SSSR count). The van der Waals surface area contributed by atoms with Gasteiger partial charge < -0.3 is 0 Å². The van der Waals surface area contributed by atoms with E-state index in [-0.39, 0.29) is 6.61 Å². The van der Waals surface area contributed by atoms with Crippen LogP contribution in [-0.4, -0.2) is 15.0 Å². The summed E-state index contributed by atoms with van der Waals surface area (Å²) in [7, 11) is -4.24. The third-order valence-electron chi connectivity index (χ3n) is 0.452. The number of nitrogens with zero attached hydrogens (tertiary/aromatic N) is 1. The van der Waals surface area contributed by atoms with Crippen LogP contribution in [0.1, 0.15) is 0 Å². The van der Waals surface area contributed by atoms with Gasteiger partial charge in [0.2, 0.25) is 0 Å². The molecule has 0 heterocycles. The molecule has 0 N–H and O–H groups in total. The van der Waals surface area contributed by atoms with Crippen LogP contribution in [0.3, 0.4) is 0 Å². The van der Waals surface area contributed by atoms with Gasteiger partial charge in [-0.05, 0) is 0 Å². The van der Waals surface area contributed by atoms with Crippen LogP contribution >= 0.6 is 0 Å². The molecule has 0 spiro atoms. The van der Waals surface area contributed by atoms with Crippen molar-refractivity contribution < 1.29 is 16.9 Å². The molecule has 0 aromatic heterocycles. The lowest BCUT2D eigenvalue weighted by molar-refractivity contribution is 0.235. The predicted octanol–water partition coefficient (Wildman–Crippen LogP) is 0.132. The van der Waals surface area contributed by atoms with Crippen molar-refractivity contribution in [3.63, 3.8) is 0 Å². The summed E-state index contributed by atoms with van der Waals surface area (Å²) in [4.78, 5) is 9.23. The average molecular weight is 167 g/mol. The SMILES string of the molecule is C=CCOS(=O)(=O)ON=O. The van der Waals surface area contributed by atoms with Crippen LogP contribution in [0.15, 0.2) is 18.0 Å². The van der Waals surface area contributed by atoms with E-state index in [2.05, 4.69) is 15.0 Å². The summed E-state index contributed by atoms with van der Waals surface area (Å²) in [5.74, 6) is 0. The first-order chi connectivity index (χ1) is 4.62. The molecule has 0 saturated heterocycles. The molecule has 0 aliphatic rings. The molecule has 0 bridgehead atoms. The number of hydrogen-bond donors (Lipinski definition) is 0. The zero-order valence-electron chi connectivity index (χ0n) is 4.89. The summed E-state index contributed by atoms with van der Waals surface area (Å²) in [5.41, 5.74) is 0. The second-order valence-electron chi connectivity index (χ2n) is 1.13. The first-order valence-corrected chi connectivity index (χ1v) is 3.47. The van der Waals surface area contributed by atoms with Crippen LogP contribution in [0, 0.1) is 4.91 Å². The van der Waals surface area contributed by atoms with Crippen molar-refractivity contribution in [2.24, 2.45) is 5.34 Å². The van der Waals surface area contributed by atoms with Gasteiger partial charge in [0.05, 0.1) is 6.61 Å². The van der Waals surface area contributed by atoms with E-state index in [4.69, 9.17) is 0 Å². The van der Waals surface area contributed by atoms with Crippen molar-refractivity contribution >= 4 is 10.4 Å². The Hall–Kier alpha value is -0.950. The fourth-order valence-electron chi connectivity index (χ4n) is 0.190. The van der Waals surface area contributed by atoms with Gasteiger partial charge in [0, 0.05) is 0 Å². The third-order valence-corrected chi connectivity index (χ3v) is 1.12. The van der Waals surface area contributed by atoms with E-state index in [9.17, 15) is 13.3 Å². The van der Waals surface area contributed by atoms with Crippen molar-refractivity contribution in [3.8, 4) is 0 Å². The number of hydrogen-bond acceptors (Lipinski definition) is 6. The minimum atomic E-state index is -4.24. The van der Waals surface area contributed by atoms with E-state index in [0.717, 1.165) is 0 Å². The van der Waals surface area contributed by atoms with Crippen molar-refractivity contribution in [3.05, 3.63) is 17.6 Å². The fourth-order valence-corrected chi connectivity index (χ4v) is 0.571. The highest BCUT2D eigenvalue weighted by Gasteiger charge is 2.10. The van der Waals surface area contributed by atoms with Crippen LogP contribution in [-0.2, 0) is 18.9 Å². The van der Waals surface area contributed by atoms with E-state index in [1.165, 1.54) is 6.08 Å². The molecule has 0 radical (unpaired) electrons. The minimum Gasteiger partial charge on any atom is -0.233 e. The van der Waals surface area contributed by atoms with Crippen LogP contribution in [0.25, 0.3) is 0 Å². The van der Waals surface area contributed by atoms with E-state index >= 15 is 0 Å². The molecule has 0 unspecified atom stereocenters. The Balaban J connectivity index is 3.87. The van der Waals surface area contributed by atoms with Gasteiger partial charge in [0.15, 0.2) is 5.34 Å². The zero-order valence-corrected chi connectivity index (χ0v) is 5.70. The minimum absolute atomic E-state index is 0.252. The molecular formula is C3H5NO5S. The quantitative estimate of drug-likeness (QED) is 0.330. The van der Waals surface area contributed by atoms with Crippen LogP contribution in [0.5, 0.6) is 0 Å². The zero-order chi connectivity index (χ0) is 8.04. The van der Waals surface area contributed by atoms with Gasteiger partial charge in [0.25, 0.3) is 0 Å². The summed E-state index contributed by atoms with van der Waals surface area (Å²) in [6.45, 7) is 2.92. The third kappa shape index (κ3) is 3.98. The number of rotatable bonds is 5. The summed E-state index contributed by atoms with van der Waals surface area (Å²) >= 11 is 0. The van der Waals surface area contributed by atoms with Crippen molar-refractivity contribution in [1.82, 2.24) is 0 Å². The van der Waals surface area contributed by atoms with Gasteiger partial charge >= 0.3 is 10.4 Å². The smallest absolute Gasteiger partial charge is 0.233 e. The summed E-state index contributed by atoms with van der Waals surface area (Å²) < 4.78 is 27.7. The van der Waals surface area contributed by atoms with Gasteiger partial charge in [-0.25, -0.2) is 8.47 Å². The van der Waals surface area contributed by atoms with Gasteiger partial charge in [-0.15, -0.1) is 11.5 Å². The highest BCUT2D eigenvalue weighted by molar-refractivity contribution is 7.81. The van der Waals surface area contributed by atoms with Crippen LogP contribution in [0.2, 0.25) is 0 Å². The molecule has 7 heteroatoms. The molecule has 0 fully saturated rings. The maximum Gasteiger partial charge on any atom is 0.471 e. The molecule has 0 atom stereocenters. The lowest BCUT2D eigenvalue weighted by Gasteiger charge is -1.94. The Bertz CT molecular complexity index is 207. The lowest BCUT2D eigenvalue weighted by Crippen LogP contribution is -2.06. The Morgan fingerprint density at radius 2 is 2.20 bits per heavy atom. The standard InChI is InChI=1S/C3H5NO5S/c1-2-3-8-10(6,7)9-4-5/h2H,1,3H2. The highest BCUT2D eigenvalue weighted by Crippen LogP contribution is 1.94. The Kier molecular flexibility index (Phi) is 3.59. The van der Waals surface area contributed by atoms with Gasteiger partial charge in [-0.3, -0.25) is 0 Å². The van der Waals surface area contributed by atoms with Gasteiger partial charge in [-0.1, -0.05) is 6.08 Å².